The number of hydrogen-bond donors (Lipinski definition) is 2. The van der Waals surface area contributed by atoms with Crippen LogP contribution in [0, 0.1) is 0 Å². The quantitative estimate of drug-likeness (QED) is 0.431. The number of benzene rings is 1. The molecule has 0 bridgehead atoms. The van der Waals surface area contributed by atoms with Crippen LogP contribution in [0.25, 0.3) is 0 Å². The molecule has 1 aromatic rings. The van der Waals surface area contributed by atoms with E-state index in [1.807, 2.05) is 43.4 Å². The zero-order valence-electron chi connectivity index (χ0n) is 14.5. The van der Waals surface area contributed by atoms with E-state index in [9.17, 15) is 4.79 Å². The molecule has 1 amide bonds. The minimum absolute atomic E-state index is 0.188. The summed E-state index contributed by atoms with van der Waals surface area (Å²) in [5, 5.41) is 6.16. The van der Waals surface area contributed by atoms with Crippen molar-refractivity contribution < 1.29 is 14.3 Å². The van der Waals surface area contributed by atoms with E-state index in [1.54, 1.807) is 7.11 Å². The number of thiocarbonyl (C=S) groups is 1. The lowest BCUT2D eigenvalue weighted by Gasteiger charge is -2.38. The van der Waals surface area contributed by atoms with E-state index in [0.29, 0.717) is 28.6 Å². The lowest BCUT2D eigenvalue weighted by molar-refractivity contribution is -0.125. The Hall–Kier alpha value is -2.12. The molecule has 0 saturated carbocycles. The van der Waals surface area contributed by atoms with E-state index in [1.165, 1.54) is 0 Å². The van der Waals surface area contributed by atoms with Crippen molar-refractivity contribution in [2.45, 2.75) is 25.0 Å². The van der Waals surface area contributed by atoms with Crippen molar-refractivity contribution in [2.75, 3.05) is 7.11 Å². The fourth-order valence-corrected chi connectivity index (χ4v) is 3.80. The zero-order chi connectivity index (χ0) is 18.9. The molecule has 0 aliphatic carbocycles. The second-order valence-electron chi connectivity index (χ2n) is 6.09. The van der Waals surface area contributed by atoms with Gasteiger partial charge < -0.3 is 20.1 Å². The van der Waals surface area contributed by atoms with Crippen LogP contribution < -0.4 is 15.4 Å². The molecule has 5 nitrogen and oxygen atoms in total. The lowest BCUT2D eigenvalue weighted by atomic mass is 9.80. The monoisotopic (exact) mass is 434 g/mol. The average molecular weight is 435 g/mol. The number of ether oxygens (including phenoxy) is 2. The first-order chi connectivity index (χ1) is 12.4. The predicted molar refractivity (Wildman–Crippen MR) is 108 cm³/mol. The number of carbonyl (C=O) groups excluding carboxylic acids is 1. The largest absolute Gasteiger partial charge is 0.497 e. The summed E-state index contributed by atoms with van der Waals surface area (Å²) in [5.41, 5.74) is 0.474. The van der Waals surface area contributed by atoms with Crippen molar-refractivity contribution in [3.05, 3.63) is 64.4 Å². The first-order valence-corrected chi connectivity index (χ1v) is 9.27. The van der Waals surface area contributed by atoms with E-state index >= 15 is 0 Å². The summed E-state index contributed by atoms with van der Waals surface area (Å²) in [5.74, 6) is 1.10. The van der Waals surface area contributed by atoms with Crippen molar-refractivity contribution in [3.8, 4) is 5.75 Å². The van der Waals surface area contributed by atoms with Gasteiger partial charge in [-0.25, -0.2) is 0 Å². The number of allylic oxidation sites excluding steroid dienone is 2. The van der Waals surface area contributed by atoms with Crippen molar-refractivity contribution in [2.24, 2.45) is 0 Å². The number of fused-ring (bicyclic) bond motifs is 2. The van der Waals surface area contributed by atoms with Gasteiger partial charge >= 0.3 is 0 Å². The molecule has 0 radical (unpaired) electrons. The maximum Gasteiger partial charge on any atom is 0.256 e. The van der Waals surface area contributed by atoms with E-state index in [2.05, 4.69) is 33.1 Å². The number of amides is 1. The smallest absolute Gasteiger partial charge is 0.256 e. The van der Waals surface area contributed by atoms with Crippen molar-refractivity contribution >= 4 is 39.2 Å². The summed E-state index contributed by atoms with van der Waals surface area (Å²) in [7, 11) is 1.60. The molecule has 26 heavy (non-hydrogen) atoms. The van der Waals surface area contributed by atoms with Gasteiger partial charge in [-0.3, -0.25) is 4.79 Å². The number of nitrogens with one attached hydrogen (secondary N) is 2. The van der Waals surface area contributed by atoms with Gasteiger partial charge in [0.2, 0.25) is 0 Å². The Morgan fingerprint density at radius 3 is 2.92 bits per heavy atom. The topological polar surface area (TPSA) is 59.6 Å². The van der Waals surface area contributed by atoms with Gasteiger partial charge in [-0.1, -0.05) is 28.6 Å². The number of rotatable bonds is 4. The molecule has 1 fully saturated rings. The van der Waals surface area contributed by atoms with Crippen molar-refractivity contribution in [1.82, 2.24) is 10.6 Å². The van der Waals surface area contributed by atoms with Crippen LogP contribution >= 0.6 is 28.1 Å². The van der Waals surface area contributed by atoms with Gasteiger partial charge in [0.1, 0.15) is 17.6 Å². The van der Waals surface area contributed by atoms with Crippen LogP contribution in [0.4, 0.5) is 0 Å². The normalized spacial score (nSPS) is 24.9. The van der Waals surface area contributed by atoms with Gasteiger partial charge in [-0.05, 0) is 55.1 Å². The molecule has 7 heteroatoms. The Labute approximate surface area is 166 Å². The molecule has 2 heterocycles. The van der Waals surface area contributed by atoms with E-state index in [0.717, 1.165) is 10.0 Å². The molecule has 2 aliphatic rings. The molecule has 1 spiro atoms. The Kier molecular flexibility index (Phi) is 5.20. The fraction of sp³-hybridized carbons (Fsp3) is 0.263. The third kappa shape index (κ3) is 3.29. The minimum atomic E-state index is -0.982. The molecule has 0 aromatic heterocycles. The highest BCUT2D eigenvalue weighted by Gasteiger charge is 2.52. The number of carbonyl (C=O) groups is 1. The van der Waals surface area contributed by atoms with Crippen LogP contribution in [0.15, 0.2) is 58.8 Å². The molecule has 2 unspecified atom stereocenters. The predicted octanol–water partition coefficient (Wildman–Crippen LogP) is 3.46. The van der Waals surface area contributed by atoms with E-state index in [-0.39, 0.29) is 5.91 Å². The Morgan fingerprint density at radius 1 is 1.54 bits per heavy atom. The summed E-state index contributed by atoms with van der Waals surface area (Å²) in [6, 6.07) is 5.59. The highest BCUT2D eigenvalue weighted by Crippen LogP contribution is 2.44. The first-order valence-electron chi connectivity index (χ1n) is 8.07. The SMILES string of the molecule is C=C(C=C(C=CC)OC)C1CC2(NC(=S)NC2=O)c2cc(Br)ccc2O1. The molecular formula is C19H19BrN2O3S. The summed E-state index contributed by atoms with van der Waals surface area (Å²) >= 11 is 8.64. The van der Waals surface area contributed by atoms with Crippen LogP contribution in [0.5, 0.6) is 5.75 Å². The third-order valence-corrected chi connectivity index (χ3v) is 5.11. The maximum atomic E-state index is 12.8. The summed E-state index contributed by atoms with van der Waals surface area (Å²) in [6.07, 6.45) is 5.49. The van der Waals surface area contributed by atoms with Crippen LogP contribution in [0.3, 0.4) is 0 Å². The van der Waals surface area contributed by atoms with Gasteiger partial charge in [-0.2, -0.15) is 0 Å². The highest BCUT2D eigenvalue weighted by atomic mass is 79.9. The Morgan fingerprint density at radius 2 is 2.31 bits per heavy atom. The summed E-state index contributed by atoms with van der Waals surface area (Å²) in [4.78, 5) is 12.8. The Balaban J connectivity index is 2.03. The van der Waals surface area contributed by atoms with Crippen LogP contribution in [-0.2, 0) is 15.1 Å². The van der Waals surface area contributed by atoms with Gasteiger partial charge in [0.15, 0.2) is 10.7 Å². The van der Waals surface area contributed by atoms with Gasteiger partial charge in [0.25, 0.3) is 5.91 Å². The van der Waals surface area contributed by atoms with Crippen molar-refractivity contribution in [3.63, 3.8) is 0 Å². The molecule has 2 N–H and O–H groups in total. The van der Waals surface area contributed by atoms with E-state index < -0.39 is 11.6 Å². The van der Waals surface area contributed by atoms with Crippen LogP contribution in [-0.4, -0.2) is 24.2 Å². The number of methoxy groups -OCH3 is 1. The average Bonchev–Trinajstić information content (AvgIpc) is 2.88. The second kappa shape index (κ2) is 7.25. The van der Waals surface area contributed by atoms with Gasteiger partial charge in [-0.15, -0.1) is 0 Å². The minimum Gasteiger partial charge on any atom is -0.497 e. The molecule has 3 rings (SSSR count). The van der Waals surface area contributed by atoms with Gasteiger partial charge in [0.05, 0.1) is 7.11 Å². The summed E-state index contributed by atoms with van der Waals surface area (Å²) < 4.78 is 12.3. The van der Waals surface area contributed by atoms with Crippen LogP contribution in [0.2, 0.25) is 0 Å². The van der Waals surface area contributed by atoms with E-state index in [4.69, 9.17) is 21.7 Å². The maximum absolute atomic E-state index is 12.8. The fourth-order valence-electron chi connectivity index (χ4n) is 3.17. The first kappa shape index (κ1) is 18.7. The molecule has 1 saturated heterocycles. The number of hydrogen-bond acceptors (Lipinski definition) is 4. The molecular weight excluding hydrogens is 416 g/mol. The molecule has 2 atom stereocenters. The zero-order valence-corrected chi connectivity index (χ0v) is 16.9. The van der Waals surface area contributed by atoms with Crippen LogP contribution in [0.1, 0.15) is 18.9 Å². The number of halogens is 1. The van der Waals surface area contributed by atoms with Gasteiger partial charge in [0, 0.05) is 16.5 Å². The molecule has 136 valence electrons. The van der Waals surface area contributed by atoms with Crippen molar-refractivity contribution in [1.29, 1.82) is 0 Å². The summed E-state index contributed by atoms with van der Waals surface area (Å²) in [6.45, 7) is 6.03. The standard InChI is InChI=1S/C19H19BrN2O3S/c1-4-5-13(24-3)8-11(2)16-10-19(17(23)21-18(26)22-19)14-9-12(20)6-7-15(14)25-16/h4-9,16H,2,10H2,1,3H3,(H2,21,22,23,26). The highest BCUT2D eigenvalue weighted by molar-refractivity contribution is 9.10. The Bertz CT molecular complexity index is 849. The lowest BCUT2D eigenvalue weighted by Crippen LogP contribution is -2.50. The third-order valence-electron chi connectivity index (χ3n) is 4.41. The molecule has 1 aromatic carbocycles. The second-order valence-corrected chi connectivity index (χ2v) is 7.41. The molecule has 2 aliphatic heterocycles.